The van der Waals surface area contributed by atoms with Crippen molar-refractivity contribution < 1.29 is 5.11 Å². The number of aromatic nitrogens is 1. The van der Waals surface area contributed by atoms with Crippen LogP contribution in [-0.4, -0.2) is 10.1 Å². The largest absolute Gasteiger partial charge is 0.388 e. The predicted molar refractivity (Wildman–Crippen MR) is 76.2 cm³/mol. The molecule has 0 aliphatic heterocycles. The topological polar surface area (TPSA) is 33.1 Å². The Kier molecular flexibility index (Phi) is 3.83. The highest BCUT2D eigenvalue weighted by atomic mass is 32.1. The molecule has 0 aliphatic carbocycles. The number of aliphatic hydroxyl groups is 1. The van der Waals surface area contributed by atoms with Gasteiger partial charge in [-0.05, 0) is 33.3 Å². The Balaban J connectivity index is 2.18. The van der Waals surface area contributed by atoms with Crippen LogP contribution in [0.15, 0.2) is 18.2 Å². The molecule has 0 aliphatic rings. The Morgan fingerprint density at radius 3 is 2.22 bits per heavy atom. The number of thiazole rings is 1. The second-order valence-corrected chi connectivity index (χ2v) is 6.18. The summed E-state index contributed by atoms with van der Waals surface area (Å²) in [7, 11) is 0. The van der Waals surface area contributed by atoms with Gasteiger partial charge in [-0.15, -0.1) is 11.3 Å². The van der Waals surface area contributed by atoms with Crippen molar-refractivity contribution in [1.29, 1.82) is 0 Å². The minimum atomic E-state index is -0.464. The molecule has 1 aromatic carbocycles. The number of aryl methyl sites for hydroxylation is 4. The second-order valence-electron chi connectivity index (χ2n) is 4.89. The molecule has 2 rings (SSSR count). The van der Waals surface area contributed by atoms with Crippen LogP contribution in [0.4, 0.5) is 0 Å². The molecule has 0 radical (unpaired) electrons. The zero-order valence-corrected chi connectivity index (χ0v) is 12.1. The van der Waals surface area contributed by atoms with Gasteiger partial charge in [0.1, 0.15) is 0 Å². The summed E-state index contributed by atoms with van der Waals surface area (Å²) < 4.78 is 0. The zero-order valence-electron chi connectivity index (χ0n) is 11.3. The third-order valence-electron chi connectivity index (χ3n) is 3.07. The molecule has 18 heavy (non-hydrogen) atoms. The summed E-state index contributed by atoms with van der Waals surface area (Å²) in [5, 5.41) is 11.3. The van der Waals surface area contributed by atoms with E-state index in [1.165, 1.54) is 16.0 Å². The maximum absolute atomic E-state index is 10.3. The Morgan fingerprint density at radius 2 is 1.72 bits per heavy atom. The van der Waals surface area contributed by atoms with E-state index in [2.05, 4.69) is 31.8 Å². The summed E-state index contributed by atoms with van der Waals surface area (Å²) in [4.78, 5) is 5.71. The van der Waals surface area contributed by atoms with Crippen LogP contribution in [0, 0.1) is 27.7 Å². The van der Waals surface area contributed by atoms with Crippen molar-refractivity contribution in [3.05, 3.63) is 50.5 Å². The molecule has 1 heterocycles. The molecule has 1 N–H and O–H groups in total. The van der Waals surface area contributed by atoms with Gasteiger partial charge in [0.05, 0.1) is 16.8 Å². The summed E-state index contributed by atoms with van der Waals surface area (Å²) in [6.45, 7) is 8.19. The van der Waals surface area contributed by atoms with Gasteiger partial charge in [0, 0.05) is 11.3 Å². The number of rotatable bonds is 3. The standard InChI is InChI=1S/C15H19NOS/c1-9-5-10(2)7-13(6-9)14(17)8-15-16-11(3)12(4)18-15/h5-7,14,17H,8H2,1-4H3. The third kappa shape index (κ3) is 2.98. The van der Waals surface area contributed by atoms with E-state index >= 15 is 0 Å². The first kappa shape index (κ1) is 13.2. The smallest absolute Gasteiger partial charge is 0.0960 e. The molecule has 0 saturated heterocycles. The summed E-state index contributed by atoms with van der Waals surface area (Å²) in [5.74, 6) is 0. The Labute approximate surface area is 112 Å². The molecule has 0 amide bonds. The van der Waals surface area contributed by atoms with Gasteiger partial charge in [-0.2, -0.15) is 0 Å². The lowest BCUT2D eigenvalue weighted by Gasteiger charge is -2.11. The molecule has 0 saturated carbocycles. The van der Waals surface area contributed by atoms with E-state index in [1.54, 1.807) is 11.3 Å². The van der Waals surface area contributed by atoms with Crippen molar-refractivity contribution in [1.82, 2.24) is 4.98 Å². The fourth-order valence-corrected chi connectivity index (χ4v) is 3.08. The molecular formula is C15H19NOS. The van der Waals surface area contributed by atoms with E-state index in [0.717, 1.165) is 16.3 Å². The van der Waals surface area contributed by atoms with Crippen molar-refractivity contribution in [2.75, 3.05) is 0 Å². The zero-order chi connectivity index (χ0) is 13.3. The van der Waals surface area contributed by atoms with Gasteiger partial charge in [-0.3, -0.25) is 0 Å². The highest BCUT2D eigenvalue weighted by Crippen LogP contribution is 2.24. The van der Waals surface area contributed by atoms with E-state index in [4.69, 9.17) is 0 Å². The molecule has 2 aromatic rings. The lowest BCUT2D eigenvalue weighted by Crippen LogP contribution is -2.02. The predicted octanol–water partition coefficient (Wildman–Crippen LogP) is 3.65. The molecular weight excluding hydrogens is 242 g/mol. The number of benzene rings is 1. The van der Waals surface area contributed by atoms with E-state index in [-0.39, 0.29) is 0 Å². The quantitative estimate of drug-likeness (QED) is 0.914. The van der Waals surface area contributed by atoms with Gasteiger partial charge < -0.3 is 5.11 Å². The number of aliphatic hydroxyl groups excluding tert-OH is 1. The highest BCUT2D eigenvalue weighted by Gasteiger charge is 2.13. The van der Waals surface area contributed by atoms with Gasteiger partial charge in [-0.1, -0.05) is 29.3 Å². The molecule has 1 aromatic heterocycles. The van der Waals surface area contributed by atoms with Crippen LogP contribution in [0.1, 0.15) is 38.4 Å². The monoisotopic (exact) mass is 261 g/mol. The van der Waals surface area contributed by atoms with Crippen LogP contribution in [0.25, 0.3) is 0 Å². The van der Waals surface area contributed by atoms with Gasteiger partial charge in [0.15, 0.2) is 0 Å². The minimum Gasteiger partial charge on any atom is -0.388 e. The van der Waals surface area contributed by atoms with Crippen LogP contribution in [-0.2, 0) is 6.42 Å². The molecule has 0 bridgehead atoms. The molecule has 2 nitrogen and oxygen atoms in total. The second kappa shape index (κ2) is 5.21. The van der Waals surface area contributed by atoms with Crippen molar-refractivity contribution >= 4 is 11.3 Å². The highest BCUT2D eigenvalue weighted by molar-refractivity contribution is 7.11. The van der Waals surface area contributed by atoms with Gasteiger partial charge in [-0.25, -0.2) is 4.98 Å². The average Bonchev–Trinajstić information content (AvgIpc) is 2.56. The fourth-order valence-electron chi connectivity index (χ4n) is 2.11. The number of hydrogen-bond acceptors (Lipinski definition) is 3. The van der Waals surface area contributed by atoms with Crippen molar-refractivity contribution in [3.8, 4) is 0 Å². The fraction of sp³-hybridized carbons (Fsp3) is 0.400. The summed E-state index contributed by atoms with van der Waals surface area (Å²) >= 11 is 1.67. The average molecular weight is 261 g/mol. The lowest BCUT2D eigenvalue weighted by atomic mass is 10.0. The van der Waals surface area contributed by atoms with Gasteiger partial charge in [0.25, 0.3) is 0 Å². The van der Waals surface area contributed by atoms with Crippen molar-refractivity contribution in [2.24, 2.45) is 0 Å². The number of nitrogens with zero attached hydrogens (tertiary/aromatic N) is 1. The lowest BCUT2D eigenvalue weighted by molar-refractivity contribution is 0.178. The summed E-state index contributed by atoms with van der Waals surface area (Å²) in [5.41, 5.74) is 4.44. The van der Waals surface area contributed by atoms with E-state index in [0.29, 0.717) is 6.42 Å². The normalized spacial score (nSPS) is 12.7. The molecule has 1 unspecified atom stereocenters. The van der Waals surface area contributed by atoms with E-state index in [9.17, 15) is 5.11 Å². The number of hydrogen-bond donors (Lipinski definition) is 1. The molecule has 96 valence electrons. The van der Waals surface area contributed by atoms with Gasteiger partial charge >= 0.3 is 0 Å². The summed E-state index contributed by atoms with van der Waals surface area (Å²) in [6.07, 6.45) is 0.135. The van der Waals surface area contributed by atoms with Crippen LogP contribution in [0.5, 0.6) is 0 Å². The van der Waals surface area contributed by atoms with Crippen LogP contribution >= 0.6 is 11.3 Å². The van der Waals surface area contributed by atoms with Gasteiger partial charge in [0.2, 0.25) is 0 Å². The van der Waals surface area contributed by atoms with Crippen molar-refractivity contribution in [3.63, 3.8) is 0 Å². The SMILES string of the molecule is Cc1cc(C)cc(C(O)Cc2nc(C)c(C)s2)c1. The van der Waals surface area contributed by atoms with Crippen LogP contribution in [0.2, 0.25) is 0 Å². The maximum atomic E-state index is 10.3. The third-order valence-corrected chi connectivity index (χ3v) is 4.16. The first-order valence-electron chi connectivity index (χ1n) is 6.15. The first-order chi connectivity index (χ1) is 8.45. The van der Waals surface area contributed by atoms with E-state index < -0.39 is 6.10 Å². The molecule has 1 atom stereocenters. The molecule has 3 heteroatoms. The summed E-state index contributed by atoms with van der Waals surface area (Å²) in [6, 6.07) is 6.21. The Morgan fingerprint density at radius 1 is 1.11 bits per heavy atom. The first-order valence-corrected chi connectivity index (χ1v) is 6.96. The van der Waals surface area contributed by atoms with Crippen LogP contribution in [0.3, 0.4) is 0 Å². The maximum Gasteiger partial charge on any atom is 0.0960 e. The Hall–Kier alpha value is -1.19. The Bertz CT molecular complexity index is 520. The van der Waals surface area contributed by atoms with Crippen LogP contribution < -0.4 is 0 Å². The molecule has 0 spiro atoms. The van der Waals surface area contributed by atoms with E-state index in [1.807, 2.05) is 19.1 Å². The molecule has 0 fully saturated rings. The minimum absolute atomic E-state index is 0.464. The van der Waals surface area contributed by atoms with Crippen molar-refractivity contribution in [2.45, 2.75) is 40.2 Å².